The van der Waals surface area contributed by atoms with Crippen LogP contribution in [0.4, 0.5) is 0 Å². The number of rotatable bonds is 9. The molecule has 0 saturated heterocycles. The zero-order valence-corrected chi connectivity index (χ0v) is 17.6. The zero-order chi connectivity index (χ0) is 20.4. The van der Waals surface area contributed by atoms with Crippen molar-refractivity contribution < 1.29 is 0 Å². The molecule has 0 radical (unpaired) electrons. The summed E-state index contributed by atoms with van der Waals surface area (Å²) in [6, 6.07) is 17.2. The van der Waals surface area contributed by atoms with Gasteiger partial charge in [0, 0.05) is 9.81 Å². The molecule has 0 heterocycles. The number of hydrogen-bond donors (Lipinski definition) is 0. The van der Waals surface area contributed by atoms with Crippen LogP contribution in [0.25, 0.3) is 16.7 Å². The van der Waals surface area contributed by atoms with Crippen LogP contribution in [-0.2, 0) is 0 Å². The van der Waals surface area contributed by atoms with E-state index in [1.165, 1.54) is 22.3 Å². The van der Waals surface area contributed by atoms with Crippen molar-refractivity contribution in [1.82, 2.24) is 0 Å². The fourth-order valence-electron chi connectivity index (χ4n) is 2.76. The minimum Gasteiger partial charge on any atom is -0.103 e. The van der Waals surface area contributed by atoms with E-state index < -0.39 is 0 Å². The lowest BCUT2D eigenvalue weighted by molar-refractivity contribution is 1.41. The minimum absolute atomic E-state index is 0.872. The second-order valence-electron chi connectivity index (χ2n) is 6.45. The third-order valence-electron chi connectivity index (χ3n) is 4.23. The van der Waals surface area contributed by atoms with Crippen LogP contribution in [0.15, 0.2) is 115 Å². The Bertz CT molecular complexity index is 921. The SMILES string of the molecule is C=CC/C=C\C=C/C(=C)SC(=C)/C(=C\C)c1cccc(-c2ccc(C)cc2)c1. The number of thioether (sulfide) groups is 1. The molecule has 2 aromatic carbocycles. The van der Waals surface area contributed by atoms with Crippen LogP contribution in [0.1, 0.15) is 24.5 Å². The number of aryl methyl sites for hydroxylation is 1. The highest BCUT2D eigenvalue weighted by Crippen LogP contribution is 2.36. The first-order valence-electron chi connectivity index (χ1n) is 9.39. The molecule has 0 aliphatic carbocycles. The molecule has 1 heteroatoms. The van der Waals surface area contributed by atoms with Gasteiger partial charge in [0.2, 0.25) is 0 Å². The third kappa shape index (κ3) is 6.44. The summed E-state index contributed by atoms with van der Waals surface area (Å²) in [6.07, 6.45) is 12.9. The van der Waals surface area contributed by atoms with E-state index in [1.807, 2.05) is 24.3 Å². The Labute approximate surface area is 174 Å². The molecule has 142 valence electrons. The van der Waals surface area contributed by atoms with E-state index in [4.69, 9.17) is 0 Å². The van der Waals surface area contributed by atoms with Crippen molar-refractivity contribution in [2.75, 3.05) is 0 Å². The molecular weight excluding hydrogens is 356 g/mol. The molecule has 0 aliphatic rings. The van der Waals surface area contributed by atoms with E-state index in [1.54, 1.807) is 11.8 Å². The average Bonchev–Trinajstić information content (AvgIpc) is 2.69. The summed E-state index contributed by atoms with van der Waals surface area (Å²) in [6.45, 7) is 16.3. The normalized spacial score (nSPS) is 11.9. The predicted octanol–water partition coefficient (Wildman–Crippen LogP) is 8.51. The van der Waals surface area contributed by atoms with E-state index in [0.717, 1.165) is 21.8 Å². The lowest BCUT2D eigenvalue weighted by Gasteiger charge is -2.12. The molecule has 0 nitrogen and oxygen atoms in total. The van der Waals surface area contributed by atoms with E-state index in [9.17, 15) is 0 Å². The van der Waals surface area contributed by atoms with E-state index in [-0.39, 0.29) is 0 Å². The second kappa shape index (κ2) is 11.2. The maximum atomic E-state index is 4.28. The average molecular weight is 385 g/mol. The van der Waals surface area contributed by atoms with Gasteiger partial charge in [-0.25, -0.2) is 0 Å². The molecule has 0 spiro atoms. The number of hydrogen-bond acceptors (Lipinski definition) is 1. The summed E-state index contributed by atoms with van der Waals surface area (Å²) in [4.78, 5) is 1.95. The Kier molecular flexibility index (Phi) is 8.58. The van der Waals surface area contributed by atoms with E-state index in [0.29, 0.717) is 0 Å². The third-order valence-corrected chi connectivity index (χ3v) is 5.10. The van der Waals surface area contributed by atoms with Gasteiger partial charge >= 0.3 is 0 Å². The zero-order valence-electron chi connectivity index (χ0n) is 16.8. The molecule has 0 atom stereocenters. The summed E-state index contributed by atoms with van der Waals surface area (Å²) in [7, 11) is 0. The second-order valence-corrected chi connectivity index (χ2v) is 7.67. The molecular formula is C27H28S. The molecule has 28 heavy (non-hydrogen) atoms. The van der Waals surface area contributed by atoms with Crippen LogP contribution in [0, 0.1) is 6.92 Å². The van der Waals surface area contributed by atoms with Crippen molar-refractivity contribution in [3.05, 3.63) is 126 Å². The molecule has 0 aliphatic heterocycles. The van der Waals surface area contributed by atoms with Gasteiger partial charge in [0.05, 0.1) is 0 Å². The van der Waals surface area contributed by atoms with E-state index in [2.05, 4.69) is 94.3 Å². The van der Waals surface area contributed by atoms with Gasteiger partial charge in [-0.15, -0.1) is 6.58 Å². The highest BCUT2D eigenvalue weighted by molar-refractivity contribution is 8.07. The highest BCUT2D eigenvalue weighted by atomic mass is 32.2. The van der Waals surface area contributed by atoms with Crippen LogP contribution >= 0.6 is 11.8 Å². The Morgan fingerprint density at radius 3 is 2.43 bits per heavy atom. The quantitative estimate of drug-likeness (QED) is 0.308. The maximum Gasteiger partial charge on any atom is 0.0125 e. The van der Waals surface area contributed by atoms with Crippen LogP contribution < -0.4 is 0 Å². The van der Waals surface area contributed by atoms with Crippen molar-refractivity contribution in [3.63, 3.8) is 0 Å². The Balaban J connectivity index is 2.13. The first-order chi connectivity index (χ1) is 13.5. The molecule has 0 amide bonds. The van der Waals surface area contributed by atoms with Crippen molar-refractivity contribution in [3.8, 4) is 11.1 Å². The summed E-state index contributed by atoms with van der Waals surface area (Å²) in [5, 5.41) is 0. The standard InChI is InChI=1S/C27H28S/c1-6-8-9-10-11-13-22(4)28-23(5)27(7-2)26-15-12-14-25(20-26)24-18-16-21(3)17-19-24/h6-7,9-20H,1,4-5,8H2,2-3H3/b10-9-,13-11-,27-7+. The molecule has 0 saturated carbocycles. The van der Waals surface area contributed by atoms with Gasteiger partial charge in [0.1, 0.15) is 0 Å². The Morgan fingerprint density at radius 2 is 1.75 bits per heavy atom. The lowest BCUT2D eigenvalue weighted by atomic mass is 9.98. The smallest absolute Gasteiger partial charge is 0.0125 e. The van der Waals surface area contributed by atoms with Crippen LogP contribution in [0.2, 0.25) is 0 Å². The highest BCUT2D eigenvalue weighted by Gasteiger charge is 2.08. The monoisotopic (exact) mass is 384 g/mol. The molecule has 2 aromatic rings. The fourth-order valence-corrected chi connectivity index (χ4v) is 3.57. The van der Waals surface area contributed by atoms with Gasteiger partial charge < -0.3 is 0 Å². The molecule has 0 fully saturated rings. The van der Waals surface area contributed by atoms with Crippen molar-refractivity contribution in [1.29, 1.82) is 0 Å². The van der Waals surface area contributed by atoms with Gasteiger partial charge in [-0.2, -0.15) is 0 Å². The number of allylic oxidation sites excluding steroid dienone is 7. The predicted molar refractivity (Wildman–Crippen MR) is 129 cm³/mol. The molecule has 0 aromatic heterocycles. The first kappa shape index (κ1) is 21.5. The summed E-state index contributed by atoms with van der Waals surface area (Å²) in [5.74, 6) is 0. The van der Waals surface area contributed by atoms with Gasteiger partial charge in [0.25, 0.3) is 0 Å². The van der Waals surface area contributed by atoms with Crippen molar-refractivity contribution >= 4 is 17.3 Å². The summed E-state index contributed by atoms with van der Waals surface area (Å²) in [5.41, 5.74) is 6.00. The Morgan fingerprint density at radius 1 is 1.00 bits per heavy atom. The molecule has 0 bridgehead atoms. The summed E-state index contributed by atoms with van der Waals surface area (Å²) < 4.78 is 0. The maximum absolute atomic E-state index is 4.28. The van der Waals surface area contributed by atoms with E-state index >= 15 is 0 Å². The molecule has 2 rings (SSSR count). The van der Waals surface area contributed by atoms with Crippen molar-refractivity contribution in [2.45, 2.75) is 20.3 Å². The van der Waals surface area contributed by atoms with Crippen LogP contribution in [-0.4, -0.2) is 0 Å². The first-order valence-corrected chi connectivity index (χ1v) is 10.2. The molecule has 0 N–H and O–H groups in total. The van der Waals surface area contributed by atoms with Gasteiger partial charge in [-0.1, -0.05) is 103 Å². The largest absolute Gasteiger partial charge is 0.103 e. The van der Waals surface area contributed by atoms with Gasteiger partial charge in [0.15, 0.2) is 0 Å². The fraction of sp³-hybridized carbons (Fsp3) is 0.111. The van der Waals surface area contributed by atoms with Crippen molar-refractivity contribution in [2.24, 2.45) is 0 Å². The van der Waals surface area contributed by atoms with Crippen LogP contribution in [0.3, 0.4) is 0 Å². The topological polar surface area (TPSA) is 0 Å². The molecule has 0 unspecified atom stereocenters. The Hall–Kier alpha value is -2.77. The summed E-state index contributed by atoms with van der Waals surface area (Å²) >= 11 is 1.60. The van der Waals surface area contributed by atoms with Gasteiger partial charge in [-0.05, 0) is 54.7 Å². The minimum atomic E-state index is 0.872. The number of benzene rings is 2. The van der Waals surface area contributed by atoms with Crippen LogP contribution in [0.5, 0.6) is 0 Å². The lowest BCUT2D eigenvalue weighted by Crippen LogP contribution is -1.88. The van der Waals surface area contributed by atoms with Gasteiger partial charge in [-0.3, -0.25) is 0 Å².